The third-order valence-corrected chi connectivity index (χ3v) is 11.0. The number of Topliss-reactive ketones (excluding diaryl/α,β-unsaturated/α-hetero) is 1. The average molecular weight is 514 g/mol. The molecule has 0 aromatic carbocycles. The number of ether oxygens (including phenoxy) is 1. The highest BCUT2D eigenvalue weighted by Gasteiger charge is 2.56. The molecule has 3 aliphatic heterocycles. The fraction of sp³-hybridized carbons (Fsp3) is 0.906. The summed E-state index contributed by atoms with van der Waals surface area (Å²) in [5, 5.41) is 11.4. The Balaban J connectivity index is 1.49. The summed E-state index contributed by atoms with van der Waals surface area (Å²) in [4.78, 5) is 13.9. The average Bonchev–Trinajstić information content (AvgIpc) is 2.82. The molecular formula is C32H55N3O2. The Bertz CT molecular complexity index is 889. The summed E-state index contributed by atoms with van der Waals surface area (Å²) in [7, 11) is 1.92. The fourth-order valence-corrected chi connectivity index (χ4v) is 9.67. The van der Waals surface area contributed by atoms with Gasteiger partial charge in [-0.25, -0.2) is 0 Å². The lowest BCUT2D eigenvalue weighted by molar-refractivity contribution is -0.122. The molecule has 3 heterocycles. The van der Waals surface area contributed by atoms with E-state index in [2.05, 4.69) is 57.5 Å². The number of piperidine rings is 2. The summed E-state index contributed by atoms with van der Waals surface area (Å²) >= 11 is 0. The van der Waals surface area contributed by atoms with Crippen LogP contribution in [-0.4, -0.2) is 44.8 Å². The molecule has 8 atom stereocenters. The number of nitrogens with one attached hydrogen (secondary N) is 3. The Labute approximate surface area is 226 Å². The highest BCUT2D eigenvalue weighted by molar-refractivity contribution is 5.99. The zero-order valence-corrected chi connectivity index (χ0v) is 24.8. The van der Waals surface area contributed by atoms with E-state index in [9.17, 15) is 4.79 Å². The van der Waals surface area contributed by atoms with E-state index in [1.165, 1.54) is 56.2 Å². The molecular weight excluding hydrogens is 458 g/mol. The van der Waals surface area contributed by atoms with Gasteiger partial charge in [0.05, 0.1) is 12.3 Å². The first-order valence-electron chi connectivity index (χ1n) is 15.4. The summed E-state index contributed by atoms with van der Waals surface area (Å²) in [5.41, 5.74) is 2.78. The Morgan fingerprint density at radius 1 is 1.03 bits per heavy atom. The second kappa shape index (κ2) is 10.2. The molecule has 0 bridgehead atoms. The van der Waals surface area contributed by atoms with Crippen molar-refractivity contribution in [1.29, 1.82) is 0 Å². The van der Waals surface area contributed by atoms with E-state index in [-0.39, 0.29) is 10.8 Å². The van der Waals surface area contributed by atoms with Gasteiger partial charge in [-0.15, -0.1) is 0 Å². The van der Waals surface area contributed by atoms with Gasteiger partial charge in [-0.1, -0.05) is 54.4 Å². The molecule has 210 valence electrons. The number of carbonyl (C=O) groups is 1. The Hall–Kier alpha value is -0.910. The van der Waals surface area contributed by atoms with Gasteiger partial charge in [0.1, 0.15) is 0 Å². The van der Waals surface area contributed by atoms with E-state index in [1.807, 2.05) is 7.11 Å². The van der Waals surface area contributed by atoms with Crippen LogP contribution in [0.5, 0.6) is 0 Å². The van der Waals surface area contributed by atoms with Gasteiger partial charge in [-0.05, 0) is 86.1 Å². The third-order valence-electron chi connectivity index (χ3n) is 11.0. The molecule has 7 unspecified atom stereocenters. The fourth-order valence-electron chi connectivity index (χ4n) is 9.67. The predicted molar refractivity (Wildman–Crippen MR) is 151 cm³/mol. The molecule has 5 rings (SSSR count). The topological polar surface area (TPSA) is 62.4 Å². The monoisotopic (exact) mass is 513 g/mol. The number of carbonyl (C=O) groups excluding carboxylic acids is 1. The minimum Gasteiger partial charge on any atom is -0.380 e. The number of ketones is 1. The lowest BCUT2D eigenvalue weighted by Crippen LogP contribution is -2.63. The van der Waals surface area contributed by atoms with Crippen LogP contribution in [0.25, 0.3) is 0 Å². The zero-order valence-electron chi connectivity index (χ0n) is 24.8. The quantitative estimate of drug-likeness (QED) is 0.453. The molecule has 2 aliphatic carbocycles. The van der Waals surface area contributed by atoms with Crippen LogP contribution in [0.15, 0.2) is 11.3 Å². The second-order valence-corrected chi connectivity index (χ2v) is 15.6. The van der Waals surface area contributed by atoms with Crippen LogP contribution in [0, 0.1) is 45.8 Å². The number of methoxy groups -OCH3 is 1. The van der Waals surface area contributed by atoms with Crippen molar-refractivity contribution < 1.29 is 9.53 Å². The van der Waals surface area contributed by atoms with Gasteiger partial charge in [0, 0.05) is 42.7 Å². The van der Waals surface area contributed by atoms with Crippen molar-refractivity contribution in [3.63, 3.8) is 0 Å². The van der Waals surface area contributed by atoms with Crippen molar-refractivity contribution >= 4 is 5.78 Å². The van der Waals surface area contributed by atoms with Gasteiger partial charge in [0.25, 0.3) is 0 Å². The largest absolute Gasteiger partial charge is 0.380 e. The molecule has 3 fully saturated rings. The van der Waals surface area contributed by atoms with Crippen LogP contribution in [-0.2, 0) is 9.53 Å². The molecule has 0 spiro atoms. The minimum absolute atomic E-state index is 0.0417. The van der Waals surface area contributed by atoms with Gasteiger partial charge >= 0.3 is 0 Å². The van der Waals surface area contributed by atoms with Gasteiger partial charge in [-0.3, -0.25) is 10.1 Å². The lowest BCUT2D eigenvalue weighted by Gasteiger charge is -2.58. The maximum atomic E-state index is 13.9. The van der Waals surface area contributed by atoms with Crippen molar-refractivity contribution in [3.05, 3.63) is 11.3 Å². The molecule has 5 aliphatic rings. The number of fused-ring (bicyclic) bond motifs is 1. The highest BCUT2D eigenvalue weighted by atomic mass is 16.5. The number of hydrogen-bond acceptors (Lipinski definition) is 5. The molecule has 37 heavy (non-hydrogen) atoms. The standard InChI is InChI=1S/C32H55N3O2/c1-30(2,3)15-21-18-33-19-26(37-7)27(21)20-10-8-11-22(14-20)32(6)23-12-9-13-34-29(23)35-24-16-31(4,5)17-25(36)28(24)32/h20-23,26-27,29,33-35H,8-19H2,1-7H3/t20?,21?,22?,23?,26?,27?,29?,32-/m0/s1. The SMILES string of the molecule is COC1CNCC(CC(C)(C)C)C1C1CCCC([C@]2(C)C3=C(CC(C)(C)CC3=O)NC3NCCCC32)C1. The first-order chi connectivity index (χ1) is 17.4. The van der Waals surface area contributed by atoms with Crippen LogP contribution in [0.4, 0.5) is 0 Å². The number of allylic oxidation sites excluding steroid dienone is 2. The van der Waals surface area contributed by atoms with Crippen molar-refractivity contribution in [2.75, 3.05) is 26.7 Å². The van der Waals surface area contributed by atoms with E-state index in [4.69, 9.17) is 4.74 Å². The van der Waals surface area contributed by atoms with Gasteiger partial charge < -0.3 is 15.4 Å². The van der Waals surface area contributed by atoms with E-state index in [1.54, 1.807) is 0 Å². The van der Waals surface area contributed by atoms with E-state index < -0.39 is 0 Å². The van der Waals surface area contributed by atoms with E-state index >= 15 is 0 Å². The molecule has 0 aromatic rings. The summed E-state index contributed by atoms with van der Waals surface area (Å²) in [6.07, 6.45) is 11.1. The Kier molecular flexibility index (Phi) is 7.66. The van der Waals surface area contributed by atoms with Crippen molar-refractivity contribution in [2.45, 2.75) is 112 Å². The van der Waals surface area contributed by atoms with Crippen LogP contribution in [0.3, 0.4) is 0 Å². The molecule has 0 amide bonds. The molecule has 5 nitrogen and oxygen atoms in total. The van der Waals surface area contributed by atoms with Crippen molar-refractivity contribution in [1.82, 2.24) is 16.0 Å². The number of rotatable bonds is 4. The normalized spacial score (nSPS) is 42.6. The first kappa shape index (κ1) is 27.6. The molecule has 0 radical (unpaired) electrons. The number of hydrogen-bond donors (Lipinski definition) is 3. The summed E-state index contributed by atoms with van der Waals surface area (Å²) in [6.45, 7) is 17.4. The molecule has 0 aromatic heterocycles. The van der Waals surface area contributed by atoms with Gasteiger partial charge in [-0.2, -0.15) is 0 Å². The molecule has 1 saturated carbocycles. The molecule has 2 saturated heterocycles. The Morgan fingerprint density at radius 3 is 2.54 bits per heavy atom. The first-order valence-corrected chi connectivity index (χ1v) is 15.4. The van der Waals surface area contributed by atoms with Gasteiger partial charge in [0.15, 0.2) is 5.78 Å². The predicted octanol–water partition coefficient (Wildman–Crippen LogP) is 5.66. The van der Waals surface area contributed by atoms with Gasteiger partial charge in [0.2, 0.25) is 0 Å². The van der Waals surface area contributed by atoms with Crippen molar-refractivity contribution in [2.24, 2.45) is 45.8 Å². The van der Waals surface area contributed by atoms with Crippen LogP contribution in [0.1, 0.15) is 99.3 Å². The van der Waals surface area contributed by atoms with Crippen LogP contribution < -0.4 is 16.0 Å². The highest BCUT2D eigenvalue weighted by Crippen LogP contribution is 2.59. The summed E-state index contributed by atoms with van der Waals surface area (Å²) in [6, 6.07) is 0. The summed E-state index contributed by atoms with van der Waals surface area (Å²) < 4.78 is 6.17. The summed E-state index contributed by atoms with van der Waals surface area (Å²) in [5.74, 6) is 3.42. The van der Waals surface area contributed by atoms with Crippen LogP contribution >= 0.6 is 0 Å². The minimum atomic E-state index is -0.0417. The third kappa shape index (κ3) is 5.31. The Morgan fingerprint density at radius 2 is 1.81 bits per heavy atom. The second-order valence-electron chi connectivity index (χ2n) is 15.6. The zero-order chi connectivity index (χ0) is 26.6. The van der Waals surface area contributed by atoms with E-state index in [0.29, 0.717) is 59.5 Å². The lowest BCUT2D eigenvalue weighted by atomic mass is 9.51. The van der Waals surface area contributed by atoms with Crippen LogP contribution in [0.2, 0.25) is 0 Å². The molecule has 3 N–H and O–H groups in total. The maximum absolute atomic E-state index is 13.9. The smallest absolute Gasteiger partial charge is 0.161 e. The molecule has 5 heteroatoms. The van der Waals surface area contributed by atoms with Crippen molar-refractivity contribution in [3.8, 4) is 0 Å². The maximum Gasteiger partial charge on any atom is 0.161 e. The van der Waals surface area contributed by atoms with E-state index in [0.717, 1.165) is 26.1 Å².